The molecule has 0 nitrogen and oxygen atoms in total. The van der Waals surface area contributed by atoms with Gasteiger partial charge in [-0.15, -0.1) is 6.58 Å². The summed E-state index contributed by atoms with van der Waals surface area (Å²) in [6, 6.07) is 0. The first-order valence-electron chi connectivity index (χ1n) is 2.17. The van der Waals surface area contributed by atoms with Crippen molar-refractivity contribution < 1.29 is 13.2 Å². The van der Waals surface area contributed by atoms with E-state index < -0.39 is 12.1 Å². The zero-order valence-electron chi connectivity index (χ0n) is 4.50. The molecular weight excluding hydrogens is 117 g/mol. The fourth-order valence-electron chi connectivity index (χ4n) is 0.134. The van der Waals surface area contributed by atoms with E-state index in [0.29, 0.717) is 0 Å². The Hall–Kier alpha value is -0.470. The molecule has 0 fully saturated rings. The summed E-state index contributed by atoms with van der Waals surface area (Å²) < 4.78 is 34.1. The van der Waals surface area contributed by atoms with Crippen LogP contribution in [-0.4, -0.2) is 6.18 Å². The molecule has 0 aliphatic heterocycles. The van der Waals surface area contributed by atoms with Crippen molar-refractivity contribution in [3.05, 3.63) is 12.7 Å². The molecule has 0 heterocycles. The van der Waals surface area contributed by atoms with Crippen LogP contribution in [0.3, 0.4) is 0 Å². The molecule has 8 heavy (non-hydrogen) atoms. The summed E-state index contributed by atoms with van der Waals surface area (Å²) in [5, 5.41) is 0. The van der Waals surface area contributed by atoms with Gasteiger partial charge >= 0.3 is 6.18 Å². The summed E-state index contributed by atoms with van der Waals surface area (Å²) in [5.41, 5.74) is 0. The molecule has 0 N–H and O–H groups in total. The maximum Gasteiger partial charge on any atom is 0.394 e. The molecule has 1 atom stereocenters. The molecule has 0 saturated heterocycles. The second-order valence-electron chi connectivity index (χ2n) is 1.57. The van der Waals surface area contributed by atoms with Gasteiger partial charge in [0, 0.05) is 0 Å². The van der Waals surface area contributed by atoms with E-state index in [4.69, 9.17) is 0 Å². The normalized spacial score (nSPS) is 15.5. The van der Waals surface area contributed by atoms with E-state index in [2.05, 4.69) is 6.58 Å². The third-order valence-electron chi connectivity index (χ3n) is 0.870. The van der Waals surface area contributed by atoms with Gasteiger partial charge in [0.1, 0.15) is 0 Å². The van der Waals surface area contributed by atoms with Crippen LogP contribution in [-0.2, 0) is 0 Å². The van der Waals surface area contributed by atoms with E-state index in [0.717, 1.165) is 13.0 Å². The highest BCUT2D eigenvalue weighted by Gasteiger charge is 2.33. The maximum atomic E-state index is 11.4. The van der Waals surface area contributed by atoms with Crippen LogP contribution in [0, 0.1) is 5.92 Å². The van der Waals surface area contributed by atoms with Gasteiger partial charge in [-0.2, -0.15) is 13.2 Å². The maximum absolute atomic E-state index is 11.4. The molecule has 0 spiro atoms. The topological polar surface area (TPSA) is 0 Å². The van der Waals surface area contributed by atoms with Gasteiger partial charge in [0.2, 0.25) is 0 Å². The van der Waals surface area contributed by atoms with Crippen LogP contribution in [0.1, 0.15) is 6.92 Å². The zero-order valence-corrected chi connectivity index (χ0v) is 4.50. The van der Waals surface area contributed by atoms with Crippen LogP contribution in [0.15, 0.2) is 12.7 Å². The smallest absolute Gasteiger partial charge is 0.170 e. The largest absolute Gasteiger partial charge is 0.394 e. The molecule has 0 aliphatic carbocycles. The van der Waals surface area contributed by atoms with E-state index in [1.165, 1.54) is 0 Å². The van der Waals surface area contributed by atoms with E-state index in [9.17, 15) is 13.2 Å². The van der Waals surface area contributed by atoms with E-state index >= 15 is 0 Å². The second kappa shape index (κ2) is 2.20. The van der Waals surface area contributed by atoms with Crippen molar-refractivity contribution in [1.29, 1.82) is 0 Å². The van der Waals surface area contributed by atoms with Crippen molar-refractivity contribution in [1.82, 2.24) is 0 Å². The minimum absolute atomic E-state index is 0.875. The molecule has 0 aromatic heterocycles. The molecule has 0 bridgehead atoms. The Morgan fingerprint density at radius 2 is 1.88 bits per heavy atom. The lowest BCUT2D eigenvalue weighted by Gasteiger charge is -2.08. The van der Waals surface area contributed by atoms with Gasteiger partial charge in [-0.05, 0) is 0 Å². The lowest BCUT2D eigenvalue weighted by molar-refractivity contribution is -0.156. The Morgan fingerprint density at radius 3 is 1.88 bits per heavy atom. The molecule has 0 aliphatic rings. The molecule has 0 unspecified atom stereocenters. The summed E-state index contributed by atoms with van der Waals surface area (Å²) in [6.45, 7) is 4.07. The van der Waals surface area contributed by atoms with Crippen LogP contribution in [0.4, 0.5) is 13.2 Å². The summed E-state index contributed by atoms with van der Waals surface area (Å²) in [6.07, 6.45) is -3.23. The second-order valence-corrected chi connectivity index (χ2v) is 1.57. The van der Waals surface area contributed by atoms with E-state index in [1.54, 1.807) is 0 Å². The van der Waals surface area contributed by atoms with Crippen molar-refractivity contribution in [2.75, 3.05) is 0 Å². The van der Waals surface area contributed by atoms with Crippen LogP contribution in [0.2, 0.25) is 0 Å². The molecule has 0 amide bonds. The highest BCUT2D eigenvalue weighted by molar-refractivity contribution is 4.80. The Balaban J connectivity index is 3.80. The van der Waals surface area contributed by atoms with Crippen LogP contribution in [0.25, 0.3) is 0 Å². The summed E-state index contributed by atoms with van der Waals surface area (Å²) in [7, 11) is 0. The van der Waals surface area contributed by atoms with Gasteiger partial charge in [0.25, 0.3) is 0 Å². The molecule has 0 radical (unpaired) electrons. The monoisotopic (exact) mass is 124 g/mol. The van der Waals surface area contributed by atoms with Gasteiger partial charge in [0.05, 0.1) is 5.92 Å². The number of alkyl halides is 3. The third-order valence-corrected chi connectivity index (χ3v) is 0.870. The van der Waals surface area contributed by atoms with Crippen molar-refractivity contribution in [2.45, 2.75) is 13.1 Å². The van der Waals surface area contributed by atoms with Gasteiger partial charge in [-0.1, -0.05) is 13.0 Å². The standard InChI is InChI=1S/C5H7F3/c1-3-4(2)5(6,7)8/h3-4H,1H2,2H3/t4-/m1/s1. The minimum Gasteiger partial charge on any atom is -0.170 e. The number of hydrogen-bond donors (Lipinski definition) is 0. The van der Waals surface area contributed by atoms with E-state index in [1.807, 2.05) is 0 Å². The molecule has 0 aromatic carbocycles. The highest BCUT2D eigenvalue weighted by Crippen LogP contribution is 2.25. The average molecular weight is 124 g/mol. The molecule has 0 rings (SSSR count). The number of halogens is 3. The fraction of sp³-hybridized carbons (Fsp3) is 0.600. The zero-order chi connectivity index (χ0) is 6.78. The Bertz CT molecular complexity index is 82.2. The quantitative estimate of drug-likeness (QED) is 0.471. The van der Waals surface area contributed by atoms with Gasteiger partial charge < -0.3 is 0 Å². The molecule has 0 aromatic rings. The van der Waals surface area contributed by atoms with Crippen LogP contribution >= 0.6 is 0 Å². The number of allylic oxidation sites excluding steroid dienone is 1. The van der Waals surface area contributed by atoms with Crippen molar-refractivity contribution in [3.8, 4) is 0 Å². The number of hydrogen-bond acceptors (Lipinski definition) is 0. The molecule has 3 heteroatoms. The lowest BCUT2D eigenvalue weighted by Crippen LogP contribution is -2.16. The highest BCUT2D eigenvalue weighted by atomic mass is 19.4. The first kappa shape index (κ1) is 7.53. The van der Waals surface area contributed by atoms with Gasteiger partial charge in [-0.3, -0.25) is 0 Å². The summed E-state index contributed by atoms with van der Waals surface area (Å²) >= 11 is 0. The van der Waals surface area contributed by atoms with E-state index in [-0.39, 0.29) is 0 Å². The molecular formula is C5H7F3. The van der Waals surface area contributed by atoms with Crippen LogP contribution < -0.4 is 0 Å². The Morgan fingerprint density at radius 1 is 1.50 bits per heavy atom. The predicted molar refractivity (Wildman–Crippen MR) is 25.4 cm³/mol. The van der Waals surface area contributed by atoms with Gasteiger partial charge in [-0.25, -0.2) is 0 Å². The fourth-order valence-corrected chi connectivity index (χ4v) is 0.134. The van der Waals surface area contributed by atoms with Crippen molar-refractivity contribution in [3.63, 3.8) is 0 Å². The first-order valence-corrected chi connectivity index (χ1v) is 2.17. The van der Waals surface area contributed by atoms with Crippen molar-refractivity contribution in [2.24, 2.45) is 5.92 Å². The van der Waals surface area contributed by atoms with Crippen molar-refractivity contribution >= 4 is 0 Å². The summed E-state index contributed by atoms with van der Waals surface area (Å²) in [4.78, 5) is 0. The SMILES string of the molecule is C=C[C@@H](C)C(F)(F)F. The average Bonchev–Trinajstić information content (AvgIpc) is 1.62. The lowest BCUT2D eigenvalue weighted by atomic mass is 10.2. The van der Waals surface area contributed by atoms with Crippen LogP contribution in [0.5, 0.6) is 0 Å². The molecule has 0 saturated carbocycles. The Kier molecular flexibility index (Phi) is 2.07. The first-order chi connectivity index (χ1) is 3.48. The minimum atomic E-state index is -4.11. The summed E-state index contributed by atoms with van der Waals surface area (Å²) in [5.74, 6) is -1.39. The third kappa shape index (κ3) is 2.00. The number of rotatable bonds is 1. The predicted octanol–water partition coefficient (Wildman–Crippen LogP) is 2.37. The Labute approximate surface area is 46.0 Å². The van der Waals surface area contributed by atoms with Gasteiger partial charge in [0.15, 0.2) is 0 Å². The molecule has 48 valence electrons.